The van der Waals surface area contributed by atoms with Crippen LogP contribution in [0.4, 0.5) is 0 Å². The van der Waals surface area contributed by atoms with Crippen LogP contribution in [-0.2, 0) is 19.4 Å². The first kappa shape index (κ1) is 13.6. The first-order valence-electron chi connectivity index (χ1n) is 7.22. The molecule has 18 heavy (non-hydrogen) atoms. The summed E-state index contributed by atoms with van der Waals surface area (Å²) in [6.45, 7) is 3.28. The van der Waals surface area contributed by atoms with E-state index in [0.717, 1.165) is 19.6 Å². The van der Waals surface area contributed by atoms with E-state index in [1.165, 1.54) is 37.7 Å². The van der Waals surface area contributed by atoms with Crippen LogP contribution in [0, 0.1) is 0 Å². The largest absolute Gasteiger partial charge is 0.313 e. The molecule has 0 aliphatic heterocycles. The molecular formula is C16H26N2. The van der Waals surface area contributed by atoms with Crippen molar-refractivity contribution in [1.82, 2.24) is 10.2 Å². The van der Waals surface area contributed by atoms with Crippen LogP contribution in [0.1, 0.15) is 36.0 Å². The fourth-order valence-corrected chi connectivity index (χ4v) is 2.65. The van der Waals surface area contributed by atoms with Crippen LogP contribution in [0.5, 0.6) is 0 Å². The fraction of sp³-hybridized carbons (Fsp3) is 0.625. The van der Waals surface area contributed by atoms with Gasteiger partial charge >= 0.3 is 0 Å². The molecule has 0 bridgehead atoms. The number of hydrogen-bond donors (Lipinski definition) is 1. The zero-order chi connectivity index (χ0) is 12.8. The second-order valence-corrected chi connectivity index (χ2v) is 5.64. The van der Waals surface area contributed by atoms with E-state index in [1.54, 1.807) is 11.1 Å². The minimum Gasteiger partial charge on any atom is -0.313 e. The predicted octanol–water partition coefficient (Wildman–Crippen LogP) is 2.61. The summed E-state index contributed by atoms with van der Waals surface area (Å²) < 4.78 is 0. The monoisotopic (exact) mass is 246 g/mol. The highest BCUT2D eigenvalue weighted by atomic mass is 15.0. The number of rotatable bonds is 6. The van der Waals surface area contributed by atoms with Gasteiger partial charge in [-0.1, -0.05) is 18.2 Å². The van der Waals surface area contributed by atoms with Gasteiger partial charge in [-0.3, -0.25) is 0 Å². The summed E-state index contributed by atoms with van der Waals surface area (Å²) in [6.07, 6.45) is 6.52. The molecule has 0 saturated carbocycles. The predicted molar refractivity (Wildman–Crippen MR) is 78.0 cm³/mol. The average molecular weight is 246 g/mol. The van der Waals surface area contributed by atoms with Crippen molar-refractivity contribution in [3.63, 3.8) is 0 Å². The maximum atomic E-state index is 3.54. The van der Waals surface area contributed by atoms with Gasteiger partial charge in [0.1, 0.15) is 0 Å². The lowest BCUT2D eigenvalue weighted by Crippen LogP contribution is -2.21. The summed E-state index contributed by atoms with van der Waals surface area (Å²) in [4.78, 5) is 2.24. The maximum Gasteiger partial charge on any atom is 0.0205 e. The highest BCUT2D eigenvalue weighted by Gasteiger charge is 2.08. The van der Waals surface area contributed by atoms with Gasteiger partial charge in [-0.2, -0.15) is 0 Å². The quantitative estimate of drug-likeness (QED) is 0.776. The third-order valence-electron chi connectivity index (χ3n) is 3.70. The van der Waals surface area contributed by atoms with Gasteiger partial charge in [0.05, 0.1) is 0 Å². The molecular weight excluding hydrogens is 220 g/mol. The van der Waals surface area contributed by atoms with E-state index in [0.29, 0.717) is 0 Å². The molecule has 0 fully saturated rings. The minimum atomic E-state index is 1.01. The van der Waals surface area contributed by atoms with E-state index in [2.05, 4.69) is 42.5 Å². The molecule has 0 aromatic heterocycles. The number of aryl methyl sites for hydroxylation is 2. The Labute approximate surface area is 111 Å². The summed E-state index contributed by atoms with van der Waals surface area (Å²) in [5.74, 6) is 0. The maximum absolute atomic E-state index is 3.54. The number of nitrogens with one attached hydrogen (secondary N) is 1. The molecule has 0 spiro atoms. The number of fused-ring (bicyclic) bond motifs is 1. The SMILES string of the molecule is CN(C)CCCNCc1ccc2c(c1)CCCC2. The van der Waals surface area contributed by atoms with Gasteiger partial charge < -0.3 is 10.2 Å². The Balaban J connectivity index is 1.76. The molecule has 1 aliphatic carbocycles. The third kappa shape index (κ3) is 4.11. The van der Waals surface area contributed by atoms with Crippen LogP contribution in [-0.4, -0.2) is 32.1 Å². The molecule has 0 radical (unpaired) electrons. The second kappa shape index (κ2) is 6.91. The molecule has 0 heterocycles. The Morgan fingerprint density at radius 1 is 1.11 bits per heavy atom. The molecule has 0 amide bonds. The van der Waals surface area contributed by atoms with E-state index >= 15 is 0 Å². The highest BCUT2D eigenvalue weighted by Crippen LogP contribution is 2.22. The van der Waals surface area contributed by atoms with Gasteiger partial charge in [0, 0.05) is 6.54 Å². The fourth-order valence-electron chi connectivity index (χ4n) is 2.65. The standard InChI is InChI=1S/C16H26N2/c1-18(2)11-5-10-17-13-14-8-9-15-6-3-4-7-16(15)12-14/h8-9,12,17H,3-7,10-11,13H2,1-2H3. The van der Waals surface area contributed by atoms with Crippen LogP contribution in [0.3, 0.4) is 0 Å². The first-order chi connectivity index (χ1) is 8.75. The Hall–Kier alpha value is -0.860. The lowest BCUT2D eigenvalue weighted by atomic mass is 9.90. The van der Waals surface area contributed by atoms with Crippen molar-refractivity contribution in [2.75, 3.05) is 27.2 Å². The van der Waals surface area contributed by atoms with Gasteiger partial charge in [-0.05, 0) is 76.0 Å². The van der Waals surface area contributed by atoms with Crippen molar-refractivity contribution in [1.29, 1.82) is 0 Å². The zero-order valence-corrected chi connectivity index (χ0v) is 11.8. The molecule has 1 aromatic carbocycles. The van der Waals surface area contributed by atoms with Crippen LogP contribution in [0.2, 0.25) is 0 Å². The second-order valence-electron chi connectivity index (χ2n) is 5.64. The van der Waals surface area contributed by atoms with E-state index in [-0.39, 0.29) is 0 Å². The van der Waals surface area contributed by atoms with E-state index in [9.17, 15) is 0 Å². The van der Waals surface area contributed by atoms with Crippen LogP contribution < -0.4 is 5.32 Å². The van der Waals surface area contributed by atoms with Gasteiger partial charge in [0.25, 0.3) is 0 Å². The molecule has 2 nitrogen and oxygen atoms in total. The molecule has 2 rings (SSSR count). The highest BCUT2D eigenvalue weighted by molar-refractivity contribution is 5.33. The Bertz CT molecular complexity index is 371. The van der Waals surface area contributed by atoms with Crippen LogP contribution >= 0.6 is 0 Å². The van der Waals surface area contributed by atoms with Gasteiger partial charge in [0.15, 0.2) is 0 Å². The normalized spacial score (nSPS) is 14.8. The zero-order valence-electron chi connectivity index (χ0n) is 11.8. The number of hydrogen-bond acceptors (Lipinski definition) is 2. The van der Waals surface area contributed by atoms with Crippen molar-refractivity contribution >= 4 is 0 Å². The van der Waals surface area contributed by atoms with E-state index in [4.69, 9.17) is 0 Å². The van der Waals surface area contributed by atoms with Gasteiger partial charge in [0.2, 0.25) is 0 Å². The molecule has 1 aliphatic rings. The first-order valence-corrected chi connectivity index (χ1v) is 7.22. The molecule has 100 valence electrons. The third-order valence-corrected chi connectivity index (χ3v) is 3.70. The van der Waals surface area contributed by atoms with Crippen molar-refractivity contribution in [2.45, 2.75) is 38.6 Å². The summed E-state index contributed by atoms with van der Waals surface area (Å²) >= 11 is 0. The molecule has 1 aromatic rings. The Morgan fingerprint density at radius 3 is 2.67 bits per heavy atom. The molecule has 0 saturated heterocycles. The Kier molecular flexibility index (Phi) is 5.21. The van der Waals surface area contributed by atoms with Crippen LogP contribution in [0.25, 0.3) is 0 Å². The molecule has 2 heteroatoms. The number of nitrogens with zero attached hydrogens (tertiary/aromatic N) is 1. The molecule has 0 atom stereocenters. The Morgan fingerprint density at radius 2 is 1.89 bits per heavy atom. The molecule has 0 unspecified atom stereocenters. The summed E-state index contributed by atoms with van der Waals surface area (Å²) in [6, 6.07) is 7.04. The van der Waals surface area contributed by atoms with Crippen LogP contribution in [0.15, 0.2) is 18.2 Å². The average Bonchev–Trinajstić information content (AvgIpc) is 2.38. The van der Waals surface area contributed by atoms with Crippen molar-refractivity contribution in [3.05, 3.63) is 34.9 Å². The lowest BCUT2D eigenvalue weighted by molar-refractivity contribution is 0.394. The summed E-state index contributed by atoms with van der Waals surface area (Å²) in [7, 11) is 4.26. The van der Waals surface area contributed by atoms with Gasteiger partial charge in [-0.25, -0.2) is 0 Å². The van der Waals surface area contributed by atoms with Gasteiger partial charge in [-0.15, -0.1) is 0 Å². The number of benzene rings is 1. The smallest absolute Gasteiger partial charge is 0.0205 e. The minimum absolute atomic E-state index is 1.01. The summed E-state index contributed by atoms with van der Waals surface area (Å²) in [5.41, 5.74) is 4.62. The lowest BCUT2D eigenvalue weighted by Gasteiger charge is -2.17. The molecule has 1 N–H and O–H groups in total. The van der Waals surface area contributed by atoms with E-state index in [1.807, 2.05) is 0 Å². The van der Waals surface area contributed by atoms with E-state index < -0.39 is 0 Å². The van der Waals surface area contributed by atoms with Crippen molar-refractivity contribution in [3.8, 4) is 0 Å². The van der Waals surface area contributed by atoms with Crippen molar-refractivity contribution in [2.24, 2.45) is 0 Å². The van der Waals surface area contributed by atoms with Crippen molar-refractivity contribution < 1.29 is 0 Å². The summed E-state index contributed by atoms with van der Waals surface area (Å²) in [5, 5.41) is 3.54. The topological polar surface area (TPSA) is 15.3 Å².